The van der Waals surface area contributed by atoms with Crippen LogP contribution in [0.15, 0.2) is 22.7 Å². The van der Waals surface area contributed by atoms with Crippen molar-refractivity contribution in [2.24, 2.45) is 5.73 Å². The van der Waals surface area contributed by atoms with Crippen LogP contribution in [-0.2, 0) is 4.79 Å². The predicted octanol–water partition coefficient (Wildman–Crippen LogP) is 1.84. The normalized spacial score (nSPS) is 12.5. The lowest BCUT2D eigenvalue weighted by atomic mass is 10.0. The van der Waals surface area contributed by atoms with Crippen LogP contribution in [-0.4, -0.2) is 11.1 Å². The fourth-order valence-electron chi connectivity index (χ4n) is 1.08. The third-order valence-electron chi connectivity index (χ3n) is 1.84. The molecule has 0 aliphatic carbocycles. The number of carboxylic acids is 1. The third kappa shape index (κ3) is 2.29. The zero-order chi connectivity index (χ0) is 10.0. The minimum Gasteiger partial charge on any atom is -0.480 e. The number of rotatable bonds is 2. The molecule has 3 N–H and O–H groups in total. The lowest BCUT2D eigenvalue weighted by Gasteiger charge is -2.10. The van der Waals surface area contributed by atoms with Crippen molar-refractivity contribution in [1.82, 2.24) is 0 Å². The molecule has 0 aromatic heterocycles. The van der Waals surface area contributed by atoms with Crippen LogP contribution in [0, 0.1) is 6.92 Å². The van der Waals surface area contributed by atoms with Crippen molar-refractivity contribution in [3.63, 3.8) is 0 Å². The van der Waals surface area contributed by atoms with Crippen LogP contribution < -0.4 is 5.73 Å². The van der Waals surface area contributed by atoms with Gasteiger partial charge in [-0.05, 0) is 30.2 Å². The smallest absolute Gasteiger partial charge is 0.325 e. The van der Waals surface area contributed by atoms with Crippen molar-refractivity contribution < 1.29 is 9.90 Å². The molecule has 1 rings (SSSR count). The van der Waals surface area contributed by atoms with E-state index in [-0.39, 0.29) is 0 Å². The number of benzene rings is 1. The minimum absolute atomic E-state index is 0.641. The van der Waals surface area contributed by atoms with Gasteiger partial charge in [0.15, 0.2) is 0 Å². The highest BCUT2D eigenvalue weighted by molar-refractivity contribution is 9.10. The van der Waals surface area contributed by atoms with Crippen molar-refractivity contribution >= 4 is 21.9 Å². The van der Waals surface area contributed by atoms with Crippen molar-refractivity contribution in [3.8, 4) is 0 Å². The molecule has 0 aliphatic heterocycles. The number of carbonyl (C=O) groups is 1. The molecule has 0 saturated carbocycles. The van der Waals surface area contributed by atoms with Crippen molar-refractivity contribution in [2.45, 2.75) is 13.0 Å². The quantitative estimate of drug-likeness (QED) is 0.834. The first-order valence-corrected chi connectivity index (χ1v) is 4.56. The van der Waals surface area contributed by atoms with E-state index in [0.29, 0.717) is 5.56 Å². The van der Waals surface area contributed by atoms with Crippen molar-refractivity contribution in [3.05, 3.63) is 33.8 Å². The standard InChI is InChI=1S/C9H10BrNO2/c1-5-2-3-6(10)4-7(5)8(11)9(12)13/h2-4,8H,11H2,1H3,(H,12,13). The molecule has 0 amide bonds. The first kappa shape index (κ1) is 10.2. The second kappa shape index (κ2) is 3.89. The molecule has 0 fully saturated rings. The monoisotopic (exact) mass is 243 g/mol. The fourth-order valence-corrected chi connectivity index (χ4v) is 1.46. The number of hydrogen-bond acceptors (Lipinski definition) is 2. The molecule has 1 aromatic rings. The summed E-state index contributed by atoms with van der Waals surface area (Å²) in [5, 5.41) is 8.71. The minimum atomic E-state index is -1.01. The number of hydrogen-bond donors (Lipinski definition) is 2. The molecule has 1 aromatic carbocycles. The molecule has 70 valence electrons. The Kier molecular flexibility index (Phi) is 3.06. The van der Waals surface area contributed by atoms with Crippen LogP contribution in [0.4, 0.5) is 0 Å². The van der Waals surface area contributed by atoms with E-state index in [2.05, 4.69) is 15.9 Å². The summed E-state index contributed by atoms with van der Waals surface area (Å²) >= 11 is 3.27. The molecular weight excluding hydrogens is 234 g/mol. The van der Waals surface area contributed by atoms with E-state index >= 15 is 0 Å². The third-order valence-corrected chi connectivity index (χ3v) is 2.34. The van der Waals surface area contributed by atoms with Gasteiger partial charge in [-0.2, -0.15) is 0 Å². The van der Waals surface area contributed by atoms with Crippen LogP contribution >= 0.6 is 15.9 Å². The van der Waals surface area contributed by atoms with E-state index in [1.165, 1.54) is 0 Å². The lowest BCUT2D eigenvalue weighted by molar-refractivity contribution is -0.138. The highest BCUT2D eigenvalue weighted by Crippen LogP contribution is 2.20. The molecule has 3 nitrogen and oxygen atoms in total. The molecule has 0 spiro atoms. The van der Waals surface area contributed by atoms with Gasteiger partial charge in [-0.1, -0.05) is 22.0 Å². The summed E-state index contributed by atoms with van der Waals surface area (Å²) in [6.45, 7) is 1.84. The van der Waals surface area contributed by atoms with Gasteiger partial charge in [0, 0.05) is 4.47 Å². The molecule has 0 saturated heterocycles. The molecule has 0 bridgehead atoms. The van der Waals surface area contributed by atoms with E-state index in [1.807, 2.05) is 19.1 Å². The second-order valence-corrected chi connectivity index (χ2v) is 3.73. The average Bonchev–Trinajstić information content (AvgIpc) is 2.08. The van der Waals surface area contributed by atoms with Gasteiger partial charge in [0.1, 0.15) is 6.04 Å². The van der Waals surface area contributed by atoms with Gasteiger partial charge < -0.3 is 10.8 Å². The Morgan fingerprint density at radius 3 is 2.77 bits per heavy atom. The number of aryl methyl sites for hydroxylation is 1. The number of carboxylic acid groups (broad SMARTS) is 1. The van der Waals surface area contributed by atoms with Crippen LogP contribution in [0.1, 0.15) is 17.2 Å². The molecule has 0 aliphatic rings. The van der Waals surface area contributed by atoms with Gasteiger partial charge in [-0.25, -0.2) is 0 Å². The van der Waals surface area contributed by atoms with Crippen molar-refractivity contribution in [1.29, 1.82) is 0 Å². The summed E-state index contributed by atoms with van der Waals surface area (Å²) in [7, 11) is 0. The number of halogens is 1. The van der Waals surface area contributed by atoms with Crippen LogP contribution in [0.25, 0.3) is 0 Å². The Balaban J connectivity index is 3.12. The Labute approximate surface area is 84.7 Å². The Hall–Kier alpha value is -0.870. The van der Waals surface area contributed by atoms with E-state index in [0.717, 1.165) is 10.0 Å². The Bertz CT molecular complexity index is 338. The maximum atomic E-state index is 10.6. The Morgan fingerprint density at radius 1 is 1.62 bits per heavy atom. The van der Waals surface area contributed by atoms with Gasteiger partial charge in [-0.15, -0.1) is 0 Å². The number of nitrogens with two attached hydrogens (primary N) is 1. The molecule has 4 heteroatoms. The van der Waals surface area contributed by atoms with Crippen molar-refractivity contribution in [2.75, 3.05) is 0 Å². The zero-order valence-electron chi connectivity index (χ0n) is 7.12. The van der Waals surface area contributed by atoms with E-state index in [1.54, 1.807) is 6.07 Å². The predicted molar refractivity (Wildman–Crippen MR) is 53.4 cm³/mol. The van der Waals surface area contributed by atoms with Crippen LogP contribution in [0.5, 0.6) is 0 Å². The van der Waals surface area contributed by atoms with Gasteiger partial charge in [0.25, 0.3) is 0 Å². The summed E-state index contributed by atoms with van der Waals surface area (Å²) in [6.07, 6.45) is 0. The first-order chi connectivity index (χ1) is 6.02. The fraction of sp³-hybridized carbons (Fsp3) is 0.222. The van der Waals surface area contributed by atoms with Gasteiger partial charge >= 0.3 is 5.97 Å². The summed E-state index contributed by atoms with van der Waals surface area (Å²) in [6, 6.07) is 4.47. The van der Waals surface area contributed by atoms with Gasteiger partial charge in [0.05, 0.1) is 0 Å². The molecular formula is C9H10BrNO2. The van der Waals surface area contributed by atoms with E-state index in [9.17, 15) is 4.79 Å². The molecule has 1 atom stereocenters. The second-order valence-electron chi connectivity index (χ2n) is 2.82. The zero-order valence-corrected chi connectivity index (χ0v) is 8.71. The molecule has 1 unspecified atom stereocenters. The van der Waals surface area contributed by atoms with Gasteiger partial charge in [-0.3, -0.25) is 4.79 Å². The van der Waals surface area contributed by atoms with E-state index in [4.69, 9.17) is 10.8 Å². The van der Waals surface area contributed by atoms with Gasteiger partial charge in [0.2, 0.25) is 0 Å². The maximum Gasteiger partial charge on any atom is 0.325 e. The maximum absolute atomic E-state index is 10.6. The van der Waals surface area contributed by atoms with Crippen LogP contribution in [0.2, 0.25) is 0 Å². The molecule has 13 heavy (non-hydrogen) atoms. The summed E-state index contributed by atoms with van der Waals surface area (Å²) in [5.74, 6) is -1.01. The molecule has 0 heterocycles. The average molecular weight is 244 g/mol. The number of aliphatic carboxylic acids is 1. The highest BCUT2D eigenvalue weighted by Gasteiger charge is 2.16. The summed E-state index contributed by atoms with van der Waals surface area (Å²) < 4.78 is 0.838. The highest BCUT2D eigenvalue weighted by atomic mass is 79.9. The Morgan fingerprint density at radius 2 is 2.23 bits per heavy atom. The topological polar surface area (TPSA) is 63.3 Å². The summed E-state index contributed by atoms with van der Waals surface area (Å²) in [4.78, 5) is 10.6. The van der Waals surface area contributed by atoms with E-state index < -0.39 is 12.0 Å². The largest absolute Gasteiger partial charge is 0.480 e. The first-order valence-electron chi connectivity index (χ1n) is 3.77. The molecule has 0 radical (unpaired) electrons. The van der Waals surface area contributed by atoms with Crippen LogP contribution in [0.3, 0.4) is 0 Å². The lowest BCUT2D eigenvalue weighted by Crippen LogP contribution is -2.21. The SMILES string of the molecule is Cc1ccc(Br)cc1C(N)C(=O)O. The summed E-state index contributed by atoms with van der Waals surface area (Å²) in [5.41, 5.74) is 7.01.